The summed E-state index contributed by atoms with van der Waals surface area (Å²) in [5, 5.41) is 4.19. The lowest BCUT2D eigenvalue weighted by Crippen LogP contribution is -2.06. The quantitative estimate of drug-likeness (QED) is 0.721. The summed E-state index contributed by atoms with van der Waals surface area (Å²) in [6.07, 6.45) is 3.46. The van der Waals surface area contributed by atoms with Gasteiger partial charge in [0, 0.05) is 13.3 Å². The number of aryl methyl sites for hydroxylation is 1. The number of rotatable bonds is 3. The van der Waals surface area contributed by atoms with E-state index in [1.807, 2.05) is 6.92 Å². The number of methoxy groups -OCH3 is 1. The normalized spacial score (nSPS) is 11.0. The van der Waals surface area contributed by atoms with E-state index >= 15 is 0 Å². The Hall–Kier alpha value is -1.49. The Labute approximate surface area is 81.7 Å². The highest BCUT2D eigenvalue weighted by Gasteiger charge is 2.04. The molecule has 0 amide bonds. The predicted octanol–water partition coefficient (Wildman–Crippen LogP) is 0.781. The van der Waals surface area contributed by atoms with Gasteiger partial charge in [-0.25, -0.2) is 14.6 Å². The first-order valence-corrected chi connectivity index (χ1v) is 4.45. The minimum absolute atomic E-state index is 0.631. The van der Waals surface area contributed by atoms with Crippen molar-refractivity contribution in [3.8, 4) is 0 Å². The molecule has 0 spiro atoms. The molecule has 5 nitrogen and oxygen atoms in total. The molecule has 0 fully saturated rings. The molecule has 2 aromatic rings. The Morgan fingerprint density at radius 3 is 3.07 bits per heavy atom. The summed E-state index contributed by atoms with van der Waals surface area (Å²) < 4.78 is 6.79. The van der Waals surface area contributed by atoms with Gasteiger partial charge in [0.05, 0.1) is 25.0 Å². The minimum Gasteiger partial charge on any atom is -0.383 e. The lowest BCUT2D eigenvalue weighted by Gasteiger charge is -2.01. The Balaban J connectivity index is 2.40. The SMILES string of the molecule is COCCn1ncc2ncc(C)nc21. The van der Waals surface area contributed by atoms with E-state index in [1.54, 1.807) is 24.2 Å². The maximum Gasteiger partial charge on any atom is 0.177 e. The average Bonchev–Trinajstić information content (AvgIpc) is 2.57. The standard InChI is InChI=1S/C9H12N4O/c1-7-5-10-8-6-11-13(3-4-14-2)9(8)12-7/h5-6H,3-4H2,1-2H3. The van der Waals surface area contributed by atoms with Crippen LogP contribution in [-0.2, 0) is 11.3 Å². The molecule has 0 bridgehead atoms. The molecule has 0 saturated carbocycles. The van der Waals surface area contributed by atoms with Crippen LogP contribution in [0.1, 0.15) is 5.69 Å². The fourth-order valence-corrected chi connectivity index (χ4v) is 1.28. The van der Waals surface area contributed by atoms with Crippen LogP contribution in [0.2, 0.25) is 0 Å². The third kappa shape index (κ3) is 1.58. The van der Waals surface area contributed by atoms with E-state index in [-0.39, 0.29) is 0 Å². The molecule has 0 aliphatic carbocycles. The van der Waals surface area contributed by atoms with Gasteiger partial charge in [0.1, 0.15) is 5.52 Å². The Kier molecular flexibility index (Phi) is 2.41. The van der Waals surface area contributed by atoms with Gasteiger partial charge in [-0.05, 0) is 6.92 Å². The van der Waals surface area contributed by atoms with E-state index in [0.717, 1.165) is 16.9 Å². The summed E-state index contributed by atoms with van der Waals surface area (Å²) in [5.74, 6) is 0. The van der Waals surface area contributed by atoms with E-state index in [0.29, 0.717) is 13.2 Å². The van der Waals surface area contributed by atoms with Crippen molar-refractivity contribution >= 4 is 11.2 Å². The Morgan fingerprint density at radius 2 is 2.29 bits per heavy atom. The molecule has 0 N–H and O–H groups in total. The second-order valence-electron chi connectivity index (χ2n) is 3.08. The molecule has 0 aliphatic heterocycles. The van der Waals surface area contributed by atoms with Crippen molar-refractivity contribution in [3.05, 3.63) is 18.1 Å². The minimum atomic E-state index is 0.631. The van der Waals surface area contributed by atoms with Crippen LogP contribution in [0.3, 0.4) is 0 Å². The fraction of sp³-hybridized carbons (Fsp3) is 0.444. The molecule has 14 heavy (non-hydrogen) atoms. The van der Waals surface area contributed by atoms with Crippen LogP contribution in [0.25, 0.3) is 11.2 Å². The van der Waals surface area contributed by atoms with Crippen LogP contribution in [0.15, 0.2) is 12.4 Å². The van der Waals surface area contributed by atoms with E-state index in [1.165, 1.54) is 0 Å². The Morgan fingerprint density at radius 1 is 1.43 bits per heavy atom. The van der Waals surface area contributed by atoms with Gasteiger partial charge in [0.25, 0.3) is 0 Å². The lowest BCUT2D eigenvalue weighted by molar-refractivity contribution is 0.184. The van der Waals surface area contributed by atoms with Gasteiger partial charge in [-0.3, -0.25) is 0 Å². The molecular formula is C9H12N4O. The molecule has 0 radical (unpaired) electrons. The van der Waals surface area contributed by atoms with E-state index in [2.05, 4.69) is 15.1 Å². The van der Waals surface area contributed by atoms with Crippen molar-refractivity contribution in [1.82, 2.24) is 19.7 Å². The lowest BCUT2D eigenvalue weighted by atomic mass is 10.5. The number of hydrogen-bond acceptors (Lipinski definition) is 4. The van der Waals surface area contributed by atoms with Gasteiger partial charge in [-0.2, -0.15) is 5.10 Å². The summed E-state index contributed by atoms with van der Waals surface area (Å²) in [7, 11) is 1.67. The molecule has 5 heteroatoms. The summed E-state index contributed by atoms with van der Waals surface area (Å²) in [6.45, 7) is 3.25. The topological polar surface area (TPSA) is 52.8 Å². The Bertz CT molecular complexity index is 437. The maximum absolute atomic E-state index is 4.99. The van der Waals surface area contributed by atoms with Gasteiger partial charge < -0.3 is 4.74 Å². The largest absolute Gasteiger partial charge is 0.383 e. The van der Waals surface area contributed by atoms with Crippen LogP contribution in [-0.4, -0.2) is 33.5 Å². The van der Waals surface area contributed by atoms with Crippen LogP contribution in [0.5, 0.6) is 0 Å². The monoisotopic (exact) mass is 192 g/mol. The zero-order chi connectivity index (χ0) is 9.97. The molecule has 2 aromatic heterocycles. The third-order valence-electron chi connectivity index (χ3n) is 1.97. The third-order valence-corrected chi connectivity index (χ3v) is 1.97. The van der Waals surface area contributed by atoms with Crippen molar-refractivity contribution in [1.29, 1.82) is 0 Å². The zero-order valence-corrected chi connectivity index (χ0v) is 8.27. The molecular weight excluding hydrogens is 180 g/mol. The summed E-state index contributed by atoms with van der Waals surface area (Å²) in [4.78, 5) is 8.59. The van der Waals surface area contributed by atoms with Crippen molar-refractivity contribution in [2.24, 2.45) is 0 Å². The van der Waals surface area contributed by atoms with E-state index in [4.69, 9.17) is 4.74 Å². The number of ether oxygens (including phenoxy) is 1. The summed E-state index contributed by atoms with van der Waals surface area (Å²) >= 11 is 0. The van der Waals surface area contributed by atoms with Crippen LogP contribution >= 0.6 is 0 Å². The molecule has 0 aromatic carbocycles. The highest BCUT2D eigenvalue weighted by Crippen LogP contribution is 2.07. The van der Waals surface area contributed by atoms with Gasteiger partial charge in [0.2, 0.25) is 0 Å². The van der Waals surface area contributed by atoms with Crippen molar-refractivity contribution < 1.29 is 4.74 Å². The number of hydrogen-bond donors (Lipinski definition) is 0. The summed E-state index contributed by atoms with van der Waals surface area (Å²) in [6, 6.07) is 0. The molecule has 2 rings (SSSR count). The molecule has 2 heterocycles. The fourth-order valence-electron chi connectivity index (χ4n) is 1.28. The van der Waals surface area contributed by atoms with Crippen LogP contribution in [0, 0.1) is 6.92 Å². The zero-order valence-electron chi connectivity index (χ0n) is 8.27. The van der Waals surface area contributed by atoms with Crippen molar-refractivity contribution in [3.63, 3.8) is 0 Å². The number of aromatic nitrogens is 4. The maximum atomic E-state index is 4.99. The van der Waals surface area contributed by atoms with Crippen molar-refractivity contribution in [2.75, 3.05) is 13.7 Å². The average molecular weight is 192 g/mol. The second kappa shape index (κ2) is 3.71. The molecule has 0 saturated heterocycles. The van der Waals surface area contributed by atoms with Crippen LogP contribution in [0.4, 0.5) is 0 Å². The number of nitrogens with zero attached hydrogens (tertiary/aromatic N) is 4. The highest BCUT2D eigenvalue weighted by atomic mass is 16.5. The van der Waals surface area contributed by atoms with Crippen LogP contribution < -0.4 is 0 Å². The predicted molar refractivity (Wildman–Crippen MR) is 51.9 cm³/mol. The molecule has 0 aliphatic rings. The number of fused-ring (bicyclic) bond motifs is 1. The highest BCUT2D eigenvalue weighted by molar-refractivity contribution is 5.68. The van der Waals surface area contributed by atoms with Gasteiger partial charge in [0.15, 0.2) is 5.65 Å². The molecule has 0 unspecified atom stereocenters. The van der Waals surface area contributed by atoms with Crippen molar-refractivity contribution in [2.45, 2.75) is 13.5 Å². The first-order valence-electron chi connectivity index (χ1n) is 4.45. The van der Waals surface area contributed by atoms with Gasteiger partial charge in [-0.1, -0.05) is 0 Å². The smallest absolute Gasteiger partial charge is 0.177 e. The second-order valence-corrected chi connectivity index (χ2v) is 3.08. The van der Waals surface area contributed by atoms with Gasteiger partial charge >= 0.3 is 0 Å². The van der Waals surface area contributed by atoms with E-state index < -0.39 is 0 Å². The van der Waals surface area contributed by atoms with E-state index in [9.17, 15) is 0 Å². The summed E-state index contributed by atoms with van der Waals surface area (Å²) in [5.41, 5.74) is 2.55. The molecule has 74 valence electrons. The van der Waals surface area contributed by atoms with Gasteiger partial charge in [-0.15, -0.1) is 0 Å². The first kappa shape index (κ1) is 9.08. The first-order chi connectivity index (χ1) is 6.81. The molecule has 0 atom stereocenters.